The highest BCUT2D eigenvalue weighted by atomic mass is 15.2. The maximum absolute atomic E-state index is 3.86. The predicted octanol–water partition coefficient (Wildman–Crippen LogP) is 4.32. The molecule has 2 fully saturated rings. The number of nitrogens with one attached hydrogen (secondary N) is 2. The lowest BCUT2D eigenvalue weighted by atomic mass is 9.75. The molecule has 0 atom stereocenters. The van der Waals surface area contributed by atoms with Crippen molar-refractivity contribution in [2.75, 3.05) is 6.54 Å². The van der Waals surface area contributed by atoms with Crippen LogP contribution in [0.2, 0.25) is 0 Å². The average molecular weight is 338 g/mol. The van der Waals surface area contributed by atoms with Gasteiger partial charge >= 0.3 is 0 Å². The largest absolute Gasteiger partial charge is 0.307 e. The number of hydrogen-bond donors (Lipinski definition) is 2. The third-order valence-corrected chi connectivity index (χ3v) is 5.76. The van der Waals surface area contributed by atoms with Gasteiger partial charge in [0, 0.05) is 34.2 Å². The standard InChI is InChI=1S/C21H43N3/c1-10-11-24(16-12-18(2,3)22-19(4,5)13-16)17-14-20(6,7)23-21(8,9)15-17/h16-17,22-23H,10-15H2,1-9H3. The van der Waals surface area contributed by atoms with E-state index < -0.39 is 0 Å². The number of rotatable bonds is 4. The molecule has 2 heterocycles. The van der Waals surface area contributed by atoms with E-state index in [-0.39, 0.29) is 22.2 Å². The van der Waals surface area contributed by atoms with Crippen LogP contribution in [-0.2, 0) is 0 Å². The van der Waals surface area contributed by atoms with Crippen LogP contribution >= 0.6 is 0 Å². The molecule has 0 unspecified atom stereocenters. The summed E-state index contributed by atoms with van der Waals surface area (Å²) in [4.78, 5) is 2.88. The number of nitrogens with zero attached hydrogens (tertiary/aromatic N) is 1. The molecule has 2 aliphatic heterocycles. The second-order valence-electron chi connectivity index (χ2n) is 11.1. The molecule has 0 saturated carbocycles. The molecule has 3 nitrogen and oxygen atoms in total. The van der Waals surface area contributed by atoms with Crippen molar-refractivity contribution in [3.8, 4) is 0 Å². The van der Waals surface area contributed by atoms with Crippen molar-refractivity contribution in [2.24, 2.45) is 0 Å². The molecule has 0 aromatic carbocycles. The minimum atomic E-state index is 0.219. The van der Waals surface area contributed by atoms with Crippen LogP contribution in [0.5, 0.6) is 0 Å². The fourth-order valence-electron chi connectivity index (χ4n) is 5.93. The van der Waals surface area contributed by atoms with Crippen molar-refractivity contribution in [2.45, 2.75) is 129 Å². The first-order valence-electron chi connectivity index (χ1n) is 10.1. The van der Waals surface area contributed by atoms with Crippen LogP contribution in [0.25, 0.3) is 0 Å². The van der Waals surface area contributed by atoms with E-state index in [2.05, 4.69) is 77.8 Å². The molecule has 2 rings (SSSR count). The van der Waals surface area contributed by atoms with Crippen LogP contribution in [0, 0.1) is 0 Å². The van der Waals surface area contributed by atoms with Gasteiger partial charge in [0.25, 0.3) is 0 Å². The SMILES string of the molecule is CCCN(C1CC(C)(C)NC(C)(C)C1)C1CC(C)(C)NC(C)(C)C1. The fraction of sp³-hybridized carbons (Fsp3) is 1.00. The first-order valence-corrected chi connectivity index (χ1v) is 10.1. The first-order chi connectivity index (χ1) is 10.7. The van der Waals surface area contributed by atoms with Gasteiger partial charge in [-0.3, -0.25) is 4.90 Å². The van der Waals surface area contributed by atoms with E-state index in [0.29, 0.717) is 12.1 Å². The van der Waals surface area contributed by atoms with Gasteiger partial charge in [-0.15, -0.1) is 0 Å². The Labute approximate surface area is 151 Å². The van der Waals surface area contributed by atoms with Gasteiger partial charge in [-0.25, -0.2) is 0 Å². The van der Waals surface area contributed by atoms with Crippen molar-refractivity contribution >= 4 is 0 Å². The zero-order valence-electron chi connectivity index (χ0n) is 17.8. The number of hydrogen-bond acceptors (Lipinski definition) is 3. The van der Waals surface area contributed by atoms with E-state index >= 15 is 0 Å². The van der Waals surface area contributed by atoms with Crippen molar-refractivity contribution in [1.29, 1.82) is 0 Å². The van der Waals surface area contributed by atoms with Crippen LogP contribution in [0.3, 0.4) is 0 Å². The molecular formula is C21H43N3. The zero-order valence-corrected chi connectivity index (χ0v) is 17.8. The van der Waals surface area contributed by atoms with Crippen LogP contribution in [0.4, 0.5) is 0 Å². The van der Waals surface area contributed by atoms with Crippen molar-refractivity contribution < 1.29 is 0 Å². The third-order valence-electron chi connectivity index (χ3n) is 5.76. The Morgan fingerprint density at radius 1 is 0.667 bits per heavy atom. The molecule has 2 saturated heterocycles. The van der Waals surface area contributed by atoms with Gasteiger partial charge in [0.15, 0.2) is 0 Å². The highest BCUT2D eigenvalue weighted by Gasteiger charge is 2.45. The van der Waals surface area contributed by atoms with Crippen LogP contribution in [-0.4, -0.2) is 45.7 Å². The summed E-state index contributed by atoms with van der Waals surface area (Å²) in [6.07, 6.45) is 6.25. The van der Waals surface area contributed by atoms with Crippen LogP contribution in [0.15, 0.2) is 0 Å². The van der Waals surface area contributed by atoms with Gasteiger partial charge in [-0.05, 0) is 94.0 Å². The predicted molar refractivity (Wildman–Crippen MR) is 106 cm³/mol. The lowest BCUT2D eigenvalue weighted by molar-refractivity contribution is -0.00198. The van der Waals surface area contributed by atoms with Crippen LogP contribution < -0.4 is 10.6 Å². The van der Waals surface area contributed by atoms with Crippen molar-refractivity contribution in [3.05, 3.63) is 0 Å². The van der Waals surface area contributed by atoms with Crippen molar-refractivity contribution in [1.82, 2.24) is 15.5 Å². The maximum atomic E-state index is 3.86. The van der Waals surface area contributed by atoms with E-state index in [1.54, 1.807) is 0 Å². The normalized spacial score (nSPS) is 29.8. The summed E-state index contributed by atoms with van der Waals surface area (Å²) in [5.41, 5.74) is 0.874. The summed E-state index contributed by atoms with van der Waals surface area (Å²) in [6, 6.07) is 1.37. The van der Waals surface area contributed by atoms with Gasteiger partial charge in [0.1, 0.15) is 0 Å². The van der Waals surface area contributed by atoms with E-state index in [0.717, 1.165) is 0 Å². The minimum Gasteiger partial charge on any atom is -0.307 e. The Hall–Kier alpha value is -0.120. The molecule has 0 aromatic heterocycles. The Kier molecular flexibility index (Phi) is 5.52. The second-order valence-corrected chi connectivity index (χ2v) is 11.1. The number of piperidine rings is 2. The van der Waals surface area contributed by atoms with Gasteiger partial charge in [-0.2, -0.15) is 0 Å². The Bertz CT molecular complexity index is 366. The molecule has 3 heteroatoms. The van der Waals surface area contributed by atoms with E-state index in [1.807, 2.05) is 0 Å². The van der Waals surface area contributed by atoms with Gasteiger partial charge in [-0.1, -0.05) is 6.92 Å². The first kappa shape index (κ1) is 20.2. The summed E-state index contributed by atoms with van der Waals surface area (Å²) in [5.74, 6) is 0. The molecule has 2 N–H and O–H groups in total. The van der Waals surface area contributed by atoms with Gasteiger partial charge in [0.2, 0.25) is 0 Å². The minimum absolute atomic E-state index is 0.219. The lowest BCUT2D eigenvalue weighted by Gasteiger charge is -2.55. The molecule has 0 bridgehead atoms. The Morgan fingerprint density at radius 2 is 0.958 bits per heavy atom. The van der Waals surface area contributed by atoms with E-state index in [9.17, 15) is 0 Å². The summed E-state index contributed by atoms with van der Waals surface area (Å²) < 4.78 is 0. The molecule has 0 aliphatic carbocycles. The Morgan fingerprint density at radius 3 is 1.21 bits per heavy atom. The third kappa shape index (κ3) is 5.19. The molecule has 0 amide bonds. The molecule has 24 heavy (non-hydrogen) atoms. The van der Waals surface area contributed by atoms with E-state index in [1.165, 1.54) is 38.6 Å². The zero-order chi connectivity index (χ0) is 18.4. The highest BCUT2D eigenvalue weighted by Crippen LogP contribution is 2.37. The summed E-state index contributed by atoms with van der Waals surface area (Å²) in [6.45, 7) is 22.6. The Balaban J connectivity index is 2.25. The lowest BCUT2D eigenvalue weighted by Crippen LogP contribution is -2.67. The molecular weight excluding hydrogens is 294 g/mol. The van der Waals surface area contributed by atoms with Gasteiger partial charge < -0.3 is 10.6 Å². The fourth-order valence-corrected chi connectivity index (χ4v) is 5.93. The summed E-state index contributed by atoms with van der Waals surface area (Å²) in [5, 5.41) is 7.71. The molecule has 0 radical (unpaired) electrons. The molecule has 0 aromatic rings. The quantitative estimate of drug-likeness (QED) is 0.800. The second kappa shape index (κ2) is 6.55. The maximum Gasteiger partial charge on any atom is 0.0145 e. The molecule has 2 aliphatic rings. The smallest absolute Gasteiger partial charge is 0.0145 e. The molecule has 142 valence electrons. The van der Waals surface area contributed by atoms with E-state index in [4.69, 9.17) is 0 Å². The molecule has 0 spiro atoms. The summed E-state index contributed by atoms with van der Waals surface area (Å²) >= 11 is 0. The average Bonchev–Trinajstić information content (AvgIpc) is 2.27. The topological polar surface area (TPSA) is 27.3 Å². The monoisotopic (exact) mass is 337 g/mol. The van der Waals surface area contributed by atoms with Crippen LogP contribution in [0.1, 0.15) is 94.4 Å². The van der Waals surface area contributed by atoms with Gasteiger partial charge in [0.05, 0.1) is 0 Å². The van der Waals surface area contributed by atoms with Crippen molar-refractivity contribution in [3.63, 3.8) is 0 Å². The highest BCUT2D eigenvalue weighted by molar-refractivity contribution is 5.05. The summed E-state index contributed by atoms with van der Waals surface area (Å²) in [7, 11) is 0.